The normalized spacial score (nSPS) is 18.2. The van der Waals surface area contributed by atoms with E-state index in [1.54, 1.807) is 0 Å². The predicted molar refractivity (Wildman–Crippen MR) is 121 cm³/mol. The van der Waals surface area contributed by atoms with Crippen LogP contribution in [0, 0.1) is 29.1 Å². The van der Waals surface area contributed by atoms with Gasteiger partial charge in [-0.05, 0) is 31.4 Å². The molecule has 3 aromatic rings. The van der Waals surface area contributed by atoms with Gasteiger partial charge < -0.3 is 9.47 Å². The molecule has 0 N–H and O–H groups in total. The topological polar surface area (TPSA) is 18.5 Å². The number of rotatable bonds is 6. The molecule has 34 heavy (non-hydrogen) atoms. The van der Waals surface area contributed by atoms with E-state index in [2.05, 4.69) is 6.58 Å². The molecular weight excluding hydrogens is 451 g/mol. The van der Waals surface area contributed by atoms with Gasteiger partial charge in [0, 0.05) is 34.4 Å². The molecule has 1 fully saturated rings. The van der Waals surface area contributed by atoms with Crippen LogP contribution in [0.15, 0.2) is 49.0 Å². The number of ether oxygens (including phenoxy) is 2. The van der Waals surface area contributed by atoms with Gasteiger partial charge in [-0.2, -0.15) is 0 Å². The lowest BCUT2D eigenvalue weighted by molar-refractivity contribution is -0.0850. The molecule has 0 aromatic heterocycles. The van der Waals surface area contributed by atoms with Crippen molar-refractivity contribution in [3.63, 3.8) is 0 Å². The highest BCUT2D eigenvalue weighted by atomic mass is 19.2. The highest BCUT2D eigenvalue weighted by Crippen LogP contribution is 2.37. The number of hydrogen-bond donors (Lipinski definition) is 0. The van der Waals surface area contributed by atoms with Crippen LogP contribution in [0.25, 0.3) is 28.3 Å². The van der Waals surface area contributed by atoms with Crippen LogP contribution in [-0.2, 0) is 9.47 Å². The zero-order chi connectivity index (χ0) is 24.4. The van der Waals surface area contributed by atoms with E-state index in [9.17, 15) is 22.0 Å². The molecule has 178 valence electrons. The predicted octanol–water partition coefficient (Wildman–Crippen LogP) is 7.62. The maximum absolute atomic E-state index is 15.0. The smallest absolute Gasteiger partial charge is 0.167 e. The van der Waals surface area contributed by atoms with Gasteiger partial charge in [0.1, 0.15) is 5.82 Å². The summed E-state index contributed by atoms with van der Waals surface area (Å²) >= 11 is 0. The van der Waals surface area contributed by atoms with Gasteiger partial charge in [0.15, 0.2) is 23.3 Å². The first-order valence-electron chi connectivity index (χ1n) is 11.0. The Morgan fingerprint density at radius 2 is 1.53 bits per heavy atom. The van der Waals surface area contributed by atoms with Gasteiger partial charge in [-0.3, -0.25) is 0 Å². The summed E-state index contributed by atoms with van der Waals surface area (Å²) in [5.74, 6) is -5.74. The summed E-state index contributed by atoms with van der Waals surface area (Å²) in [6.45, 7) is 6.14. The van der Waals surface area contributed by atoms with Crippen LogP contribution in [0.4, 0.5) is 22.0 Å². The van der Waals surface area contributed by atoms with E-state index in [-0.39, 0.29) is 35.0 Å². The van der Waals surface area contributed by atoms with Crippen molar-refractivity contribution < 1.29 is 31.4 Å². The Kier molecular flexibility index (Phi) is 7.14. The van der Waals surface area contributed by atoms with Crippen molar-refractivity contribution in [2.45, 2.75) is 32.0 Å². The fourth-order valence-corrected chi connectivity index (χ4v) is 4.20. The van der Waals surface area contributed by atoms with Crippen molar-refractivity contribution in [3.05, 3.63) is 89.3 Å². The molecule has 4 rings (SSSR count). The van der Waals surface area contributed by atoms with Crippen LogP contribution < -0.4 is 0 Å². The summed E-state index contributed by atoms with van der Waals surface area (Å²) in [7, 11) is 0. The van der Waals surface area contributed by atoms with Crippen molar-refractivity contribution >= 4 is 6.08 Å². The van der Waals surface area contributed by atoms with Crippen molar-refractivity contribution in [2.24, 2.45) is 0 Å². The van der Waals surface area contributed by atoms with E-state index in [0.717, 1.165) is 12.1 Å². The van der Waals surface area contributed by atoms with Gasteiger partial charge in [0.2, 0.25) is 0 Å². The third-order valence-electron chi connectivity index (χ3n) is 6.00. The van der Waals surface area contributed by atoms with Gasteiger partial charge in [0.05, 0.1) is 18.8 Å². The summed E-state index contributed by atoms with van der Waals surface area (Å²) in [6.07, 6.45) is 1.63. The Bertz CT molecular complexity index is 1220. The Labute approximate surface area is 194 Å². The zero-order valence-electron chi connectivity index (χ0n) is 18.5. The highest BCUT2D eigenvalue weighted by molar-refractivity contribution is 5.73. The van der Waals surface area contributed by atoms with Crippen molar-refractivity contribution in [1.29, 1.82) is 0 Å². The van der Waals surface area contributed by atoms with E-state index in [1.165, 1.54) is 36.4 Å². The fraction of sp³-hybridized carbons (Fsp3) is 0.259. The van der Waals surface area contributed by atoms with Gasteiger partial charge in [-0.15, -0.1) is 0 Å². The van der Waals surface area contributed by atoms with Gasteiger partial charge in [-0.25, -0.2) is 22.0 Å². The van der Waals surface area contributed by atoms with Gasteiger partial charge in [-0.1, -0.05) is 49.1 Å². The van der Waals surface area contributed by atoms with E-state index in [0.29, 0.717) is 19.4 Å². The van der Waals surface area contributed by atoms with Crippen molar-refractivity contribution in [3.8, 4) is 22.3 Å². The van der Waals surface area contributed by atoms with Crippen LogP contribution in [0.3, 0.4) is 0 Å². The maximum atomic E-state index is 15.0. The summed E-state index contributed by atoms with van der Waals surface area (Å²) < 4.78 is 84.9. The van der Waals surface area contributed by atoms with Crippen LogP contribution in [0.2, 0.25) is 0 Å². The van der Waals surface area contributed by atoms with Crippen LogP contribution in [0.5, 0.6) is 0 Å². The third-order valence-corrected chi connectivity index (χ3v) is 6.00. The van der Waals surface area contributed by atoms with Gasteiger partial charge >= 0.3 is 0 Å². The van der Waals surface area contributed by atoms with E-state index < -0.39 is 46.3 Å². The second-order valence-electron chi connectivity index (χ2n) is 8.04. The van der Waals surface area contributed by atoms with Gasteiger partial charge in [0.25, 0.3) is 0 Å². The lowest BCUT2D eigenvalue weighted by Gasteiger charge is -2.29. The first kappa shape index (κ1) is 24.1. The molecule has 0 saturated carbocycles. The molecule has 1 aliphatic heterocycles. The third kappa shape index (κ3) is 4.50. The molecule has 1 aliphatic rings. The molecular formula is C27H23F5O2. The summed E-state index contributed by atoms with van der Waals surface area (Å²) in [5.41, 5.74) is -0.713. The van der Waals surface area contributed by atoms with Crippen molar-refractivity contribution in [1.82, 2.24) is 0 Å². The van der Waals surface area contributed by atoms with Crippen LogP contribution >= 0.6 is 0 Å². The highest BCUT2D eigenvalue weighted by Gasteiger charge is 2.28. The molecule has 7 heteroatoms. The lowest BCUT2D eigenvalue weighted by atomic mass is 9.94. The minimum atomic E-state index is -1.36. The molecule has 0 spiro atoms. The number of halogens is 5. The summed E-state index contributed by atoms with van der Waals surface area (Å²) in [6, 6.07) is 8.77. The molecule has 0 aliphatic carbocycles. The maximum Gasteiger partial charge on any atom is 0.167 e. The van der Waals surface area contributed by atoms with E-state index in [1.807, 2.05) is 6.92 Å². The molecule has 0 bridgehead atoms. The number of hydrogen-bond acceptors (Lipinski definition) is 2. The van der Waals surface area contributed by atoms with E-state index >= 15 is 0 Å². The molecule has 0 amide bonds. The molecule has 2 unspecified atom stereocenters. The first-order chi connectivity index (χ1) is 16.3. The number of benzene rings is 3. The monoisotopic (exact) mass is 474 g/mol. The minimum Gasteiger partial charge on any atom is -0.376 e. The Hall–Kier alpha value is -3.03. The SMILES string of the molecule is C=Cc1ccc(-c2ccc(-c3ccc(C4CCC(OCC)CO4)c(F)c3F)c(F)c2F)cc1F. The van der Waals surface area contributed by atoms with Crippen LogP contribution in [-0.4, -0.2) is 19.3 Å². The van der Waals surface area contributed by atoms with Crippen LogP contribution in [0.1, 0.15) is 37.0 Å². The second-order valence-corrected chi connectivity index (χ2v) is 8.04. The minimum absolute atomic E-state index is 0.0199. The Morgan fingerprint density at radius 3 is 2.15 bits per heavy atom. The summed E-state index contributed by atoms with van der Waals surface area (Å²) in [4.78, 5) is 0. The lowest BCUT2D eigenvalue weighted by Crippen LogP contribution is -2.28. The zero-order valence-corrected chi connectivity index (χ0v) is 18.5. The molecule has 3 aromatic carbocycles. The standard InChI is InChI=1S/C27H23F5O2/c1-3-15-5-6-16(13-22(15)28)18-8-9-19(25(30)24(18)29)20-10-11-21(27(32)26(20)31)23-12-7-17(14-34-23)33-4-2/h3,5-6,8-11,13,17,23H,1,4,7,12,14H2,2H3. The van der Waals surface area contributed by atoms with Crippen molar-refractivity contribution in [2.75, 3.05) is 13.2 Å². The molecule has 1 heterocycles. The Balaban J connectivity index is 1.65. The summed E-state index contributed by atoms with van der Waals surface area (Å²) in [5, 5.41) is 0. The van der Waals surface area contributed by atoms with E-state index in [4.69, 9.17) is 9.47 Å². The molecule has 2 atom stereocenters. The Morgan fingerprint density at radius 1 is 0.882 bits per heavy atom. The second kappa shape index (κ2) is 10.1. The molecule has 0 radical (unpaired) electrons. The first-order valence-corrected chi connectivity index (χ1v) is 11.0. The largest absolute Gasteiger partial charge is 0.376 e. The fourth-order valence-electron chi connectivity index (χ4n) is 4.20. The average Bonchev–Trinajstić information content (AvgIpc) is 2.84. The quantitative estimate of drug-likeness (QED) is 0.342. The average molecular weight is 474 g/mol. The molecule has 2 nitrogen and oxygen atoms in total. The molecule has 1 saturated heterocycles.